The number of hydrogen-bond acceptors (Lipinski definition) is 4. The number of hydrogen-bond donors (Lipinski definition) is 0. The van der Waals surface area contributed by atoms with Crippen molar-refractivity contribution in [2.75, 3.05) is 40.0 Å². The predicted molar refractivity (Wildman–Crippen MR) is 74.8 cm³/mol. The SMILES string of the molecule is CO[C@@]1(COc2ccccc2)COCCN(C(C)=O)C1. The van der Waals surface area contributed by atoms with Gasteiger partial charge in [0.2, 0.25) is 5.91 Å². The van der Waals surface area contributed by atoms with Gasteiger partial charge < -0.3 is 19.1 Å². The van der Waals surface area contributed by atoms with E-state index in [2.05, 4.69) is 0 Å². The number of carbonyl (C=O) groups excluding carboxylic acids is 1. The van der Waals surface area contributed by atoms with Gasteiger partial charge in [0.1, 0.15) is 18.0 Å². The van der Waals surface area contributed by atoms with E-state index in [1.165, 1.54) is 0 Å². The van der Waals surface area contributed by atoms with Crippen LogP contribution in [0.5, 0.6) is 5.75 Å². The molecule has 1 heterocycles. The van der Waals surface area contributed by atoms with Gasteiger partial charge in [-0.15, -0.1) is 0 Å². The molecule has 5 nitrogen and oxygen atoms in total. The Bertz CT molecular complexity index is 437. The molecule has 0 saturated carbocycles. The number of benzene rings is 1. The first-order valence-electron chi connectivity index (χ1n) is 6.71. The number of nitrogens with zero attached hydrogens (tertiary/aromatic N) is 1. The maximum atomic E-state index is 11.6. The third kappa shape index (κ3) is 3.71. The largest absolute Gasteiger partial charge is 0.490 e. The Hall–Kier alpha value is -1.59. The van der Waals surface area contributed by atoms with Crippen LogP contribution in [0.2, 0.25) is 0 Å². The zero-order chi connectivity index (χ0) is 14.4. The normalized spacial score (nSPS) is 23.2. The molecule has 5 heteroatoms. The van der Waals surface area contributed by atoms with Gasteiger partial charge in [-0.1, -0.05) is 18.2 Å². The zero-order valence-corrected chi connectivity index (χ0v) is 12.0. The first-order valence-corrected chi connectivity index (χ1v) is 6.71. The van der Waals surface area contributed by atoms with Crippen molar-refractivity contribution < 1.29 is 19.0 Å². The van der Waals surface area contributed by atoms with Crippen molar-refractivity contribution >= 4 is 5.91 Å². The van der Waals surface area contributed by atoms with Gasteiger partial charge in [-0.05, 0) is 12.1 Å². The van der Waals surface area contributed by atoms with Crippen LogP contribution in [0.25, 0.3) is 0 Å². The molecule has 1 aromatic rings. The Labute approximate surface area is 119 Å². The minimum absolute atomic E-state index is 0.0247. The lowest BCUT2D eigenvalue weighted by molar-refractivity contribution is -0.134. The number of amides is 1. The van der Waals surface area contributed by atoms with Crippen LogP contribution in [0.4, 0.5) is 0 Å². The zero-order valence-electron chi connectivity index (χ0n) is 12.0. The molecule has 1 aliphatic rings. The molecule has 1 saturated heterocycles. The highest BCUT2D eigenvalue weighted by Crippen LogP contribution is 2.19. The molecule has 1 aliphatic heterocycles. The van der Waals surface area contributed by atoms with E-state index in [1.54, 1.807) is 18.9 Å². The molecule has 1 amide bonds. The maximum Gasteiger partial charge on any atom is 0.219 e. The standard InChI is InChI=1S/C15H21NO4/c1-13(17)16-8-9-19-11-15(10-16,18-2)12-20-14-6-4-3-5-7-14/h3-7H,8-12H2,1-2H3/t15-/m1/s1. The van der Waals surface area contributed by atoms with E-state index >= 15 is 0 Å². The molecule has 0 spiro atoms. The number of carbonyl (C=O) groups is 1. The Balaban J connectivity index is 2.04. The Morgan fingerprint density at radius 1 is 1.40 bits per heavy atom. The van der Waals surface area contributed by atoms with E-state index in [9.17, 15) is 4.79 Å². The second-order valence-electron chi connectivity index (χ2n) is 4.98. The minimum atomic E-state index is -0.627. The molecule has 1 atom stereocenters. The molecule has 2 rings (SSSR count). The molecule has 0 aliphatic carbocycles. The highest BCUT2D eigenvalue weighted by Gasteiger charge is 2.36. The third-order valence-electron chi connectivity index (χ3n) is 3.47. The lowest BCUT2D eigenvalue weighted by Gasteiger charge is -2.33. The van der Waals surface area contributed by atoms with Crippen LogP contribution in [-0.4, -0.2) is 56.4 Å². The van der Waals surface area contributed by atoms with Crippen LogP contribution in [0, 0.1) is 0 Å². The van der Waals surface area contributed by atoms with E-state index < -0.39 is 5.60 Å². The van der Waals surface area contributed by atoms with Gasteiger partial charge in [0.25, 0.3) is 0 Å². The Kier molecular flexibility index (Phi) is 4.98. The summed E-state index contributed by atoms with van der Waals surface area (Å²) in [5, 5.41) is 0. The van der Waals surface area contributed by atoms with Crippen molar-refractivity contribution in [2.45, 2.75) is 12.5 Å². The summed E-state index contributed by atoms with van der Waals surface area (Å²) in [4.78, 5) is 13.3. The summed E-state index contributed by atoms with van der Waals surface area (Å²) in [7, 11) is 1.63. The minimum Gasteiger partial charge on any atom is -0.490 e. The van der Waals surface area contributed by atoms with E-state index in [0.717, 1.165) is 5.75 Å². The van der Waals surface area contributed by atoms with Gasteiger partial charge in [-0.25, -0.2) is 0 Å². The van der Waals surface area contributed by atoms with Gasteiger partial charge in [-0.3, -0.25) is 4.79 Å². The van der Waals surface area contributed by atoms with Crippen LogP contribution in [0.1, 0.15) is 6.92 Å². The molecular formula is C15H21NO4. The molecule has 0 aromatic heterocycles. The molecular weight excluding hydrogens is 258 g/mol. The molecule has 0 N–H and O–H groups in total. The number of ether oxygens (including phenoxy) is 3. The van der Waals surface area contributed by atoms with E-state index in [1.807, 2.05) is 30.3 Å². The summed E-state index contributed by atoms with van der Waals surface area (Å²) in [6, 6.07) is 9.55. The summed E-state index contributed by atoms with van der Waals surface area (Å²) < 4.78 is 17.0. The predicted octanol–water partition coefficient (Wildman–Crippen LogP) is 1.33. The quantitative estimate of drug-likeness (QED) is 0.834. The van der Waals surface area contributed by atoms with Gasteiger partial charge in [0.05, 0.1) is 19.8 Å². The highest BCUT2D eigenvalue weighted by molar-refractivity contribution is 5.73. The van der Waals surface area contributed by atoms with Crippen LogP contribution in [-0.2, 0) is 14.3 Å². The second kappa shape index (κ2) is 6.72. The van der Waals surface area contributed by atoms with Crippen molar-refractivity contribution in [2.24, 2.45) is 0 Å². The smallest absolute Gasteiger partial charge is 0.219 e. The number of rotatable bonds is 4. The fourth-order valence-electron chi connectivity index (χ4n) is 2.18. The topological polar surface area (TPSA) is 48.0 Å². The molecule has 0 unspecified atom stereocenters. The molecule has 0 bridgehead atoms. The molecule has 20 heavy (non-hydrogen) atoms. The molecule has 1 fully saturated rings. The van der Waals surface area contributed by atoms with Crippen LogP contribution in [0.3, 0.4) is 0 Å². The van der Waals surface area contributed by atoms with Crippen molar-refractivity contribution in [3.63, 3.8) is 0 Å². The van der Waals surface area contributed by atoms with Gasteiger partial charge in [-0.2, -0.15) is 0 Å². The van der Waals surface area contributed by atoms with Gasteiger partial charge in [0, 0.05) is 20.6 Å². The van der Waals surface area contributed by atoms with Crippen LogP contribution >= 0.6 is 0 Å². The third-order valence-corrected chi connectivity index (χ3v) is 3.47. The second-order valence-corrected chi connectivity index (χ2v) is 4.98. The first kappa shape index (κ1) is 14.8. The van der Waals surface area contributed by atoms with Crippen molar-refractivity contribution in [1.82, 2.24) is 4.90 Å². The van der Waals surface area contributed by atoms with Gasteiger partial charge in [0.15, 0.2) is 0 Å². The fourth-order valence-corrected chi connectivity index (χ4v) is 2.18. The Morgan fingerprint density at radius 2 is 2.15 bits per heavy atom. The van der Waals surface area contributed by atoms with Crippen LogP contribution < -0.4 is 4.74 Å². The van der Waals surface area contributed by atoms with Gasteiger partial charge >= 0.3 is 0 Å². The lowest BCUT2D eigenvalue weighted by atomic mass is 10.1. The molecule has 1 aromatic carbocycles. The average Bonchev–Trinajstić information content (AvgIpc) is 2.70. The number of para-hydroxylation sites is 1. The van der Waals surface area contributed by atoms with Crippen molar-refractivity contribution in [1.29, 1.82) is 0 Å². The fraction of sp³-hybridized carbons (Fsp3) is 0.533. The monoisotopic (exact) mass is 279 g/mol. The summed E-state index contributed by atoms with van der Waals surface area (Å²) in [6.07, 6.45) is 0. The van der Waals surface area contributed by atoms with E-state index in [0.29, 0.717) is 32.9 Å². The molecule has 110 valence electrons. The van der Waals surface area contributed by atoms with Crippen molar-refractivity contribution in [3.05, 3.63) is 30.3 Å². The average molecular weight is 279 g/mol. The summed E-state index contributed by atoms with van der Waals surface area (Å²) in [5.74, 6) is 0.805. The lowest BCUT2D eigenvalue weighted by Crippen LogP contribution is -2.51. The maximum absolute atomic E-state index is 11.6. The number of methoxy groups -OCH3 is 1. The van der Waals surface area contributed by atoms with E-state index in [4.69, 9.17) is 14.2 Å². The summed E-state index contributed by atoms with van der Waals surface area (Å²) in [5.41, 5.74) is -0.627. The molecule has 0 radical (unpaired) electrons. The summed E-state index contributed by atoms with van der Waals surface area (Å²) >= 11 is 0. The first-order chi connectivity index (χ1) is 9.65. The Morgan fingerprint density at radius 3 is 2.80 bits per heavy atom. The summed E-state index contributed by atoms with van der Waals surface area (Å²) in [6.45, 7) is 3.91. The van der Waals surface area contributed by atoms with Crippen LogP contribution in [0.15, 0.2) is 30.3 Å². The van der Waals surface area contributed by atoms with E-state index in [-0.39, 0.29) is 5.91 Å². The van der Waals surface area contributed by atoms with Crippen molar-refractivity contribution in [3.8, 4) is 5.75 Å². The highest BCUT2D eigenvalue weighted by atomic mass is 16.6.